The molecule has 3 unspecified atom stereocenters. The van der Waals surface area contributed by atoms with Crippen LogP contribution in [-0.2, 0) is 16.0 Å². The largest absolute Gasteiger partial charge is 0.379 e. The van der Waals surface area contributed by atoms with Gasteiger partial charge in [-0.1, -0.05) is 24.3 Å². The molecule has 1 saturated heterocycles. The molecule has 1 aliphatic carbocycles. The van der Waals surface area contributed by atoms with Crippen molar-refractivity contribution in [3.8, 4) is 0 Å². The Morgan fingerprint density at radius 2 is 2.16 bits per heavy atom. The Morgan fingerprint density at radius 1 is 1.32 bits per heavy atom. The quantitative estimate of drug-likeness (QED) is 0.838. The molecule has 4 heteroatoms. The third kappa shape index (κ3) is 2.51. The lowest BCUT2D eigenvalue weighted by Crippen LogP contribution is -2.42. The van der Waals surface area contributed by atoms with Crippen molar-refractivity contribution in [1.29, 1.82) is 0 Å². The molecule has 0 radical (unpaired) electrons. The molecule has 1 heterocycles. The first-order chi connectivity index (χ1) is 9.25. The van der Waals surface area contributed by atoms with Crippen molar-refractivity contribution in [2.24, 2.45) is 11.7 Å². The van der Waals surface area contributed by atoms with Gasteiger partial charge < -0.3 is 15.8 Å². The number of nitrogens with one attached hydrogen (secondary N) is 1. The summed E-state index contributed by atoms with van der Waals surface area (Å²) in [5.41, 5.74) is 8.51. The van der Waals surface area contributed by atoms with Gasteiger partial charge in [0.2, 0.25) is 5.91 Å². The van der Waals surface area contributed by atoms with Gasteiger partial charge in [0.05, 0.1) is 25.2 Å². The number of carbonyl (C=O) groups is 1. The van der Waals surface area contributed by atoms with E-state index in [0.717, 1.165) is 19.3 Å². The molecule has 19 heavy (non-hydrogen) atoms. The highest BCUT2D eigenvalue weighted by Gasteiger charge is 2.33. The van der Waals surface area contributed by atoms with Gasteiger partial charge >= 0.3 is 0 Å². The minimum atomic E-state index is -0.200. The van der Waals surface area contributed by atoms with Crippen LogP contribution in [0.2, 0.25) is 0 Å². The first kappa shape index (κ1) is 12.6. The van der Waals surface area contributed by atoms with Crippen molar-refractivity contribution in [3.05, 3.63) is 35.4 Å². The Balaban J connectivity index is 1.72. The van der Waals surface area contributed by atoms with Crippen LogP contribution in [0.5, 0.6) is 0 Å². The van der Waals surface area contributed by atoms with E-state index in [1.807, 2.05) is 6.07 Å². The Labute approximate surface area is 113 Å². The number of carbonyl (C=O) groups excluding carboxylic acids is 1. The summed E-state index contributed by atoms with van der Waals surface area (Å²) in [6.45, 7) is 0.931. The fourth-order valence-electron chi connectivity index (χ4n) is 3.02. The van der Waals surface area contributed by atoms with Crippen LogP contribution in [0.1, 0.15) is 30.0 Å². The average molecular weight is 260 g/mol. The summed E-state index contributed by atoms with van der Waals surface area (Å²) in [4.78, 5) is 12.3. The van der Waals surface area contributed by atoms with Crippen LogP contribution in [0.3, 0.4) is 0 Å². The number of aryl methyl sites for hydroxylation is 1. The second-order valence-corrected chi connectivity index (χ2v) is 5.46. The Hall–Kier alpha value is -1.39. The predicted molar refractivity (Wildman–Crippen MR) is 72.5 cm³/mol. The maximum atomic E-state index is 12.3. The van der Waals surface area contributed by atoms with Crippen LogP contribution in [0.15, 0.2) is 24.3 Å². The lowest BCUT2D eigenvalue weighted by Gasteiger charge is -2.27. The van der Waals surface area contributed by atoms with Crippen LogP contribution in [0.4, 0.5) is 0 Å². The molecule has 1 amide bonds. The van der Waals surface area contributed by atoms with Gasteiger partial charge in [-0.05, 0) is 30.4 Å². The van der Waals surface area contributed by atoms with E-state index in [9.17, 15) is 4.79 Å². The molecule has 1 fully saturated rings. The lowest BCUT2D eigenvalue weighted by atomic mass is 9.87. The zero-order valence-corrected chi connectivity index (χ0v) is 11.0. The number of ether oxygens (including phenoxy) is 1. The number of nitrogens with two attached hydrogens (primary N) is 1. The van der Waals surface area contributed by atoms with Gasteiger partial charge in [0.1, 0.15) is 0 Å². The zero-order chi connectivity index (χ0) is 13.2. The summed E-state index contributed by atoms with van der Waals surface area (Å²) >= 11 is 0. The van der Waals surface area contributed by atoms with Crippen LogP contribution >= 0.6 is 0 Å². The van der Waals surface area contributed by atoms with Gasteiger partial charge in [0, 0.05) is 6.04 Å². The summed E-state index contributed by atoms with van der Waals surface area (Å²) < 4.78 is 5.26. The predicted octanol–water partition coefficient (Wildman–Crippen LogP) is 1.15. The molecule has 1 aromatic carbocycles. The third-order valence-electron chi connectivity index (χ3n) is 4.15. The minimum absolute atomic E-state index is 0.0340. The summed E-state index contributed by atoms with van der Waals surface area (Å²) in [6.07, 6.45) is 3.23. The summed E-state index contributed by atoms with van der Waals surface area (Å²) in [5, 5.41) is 3.15. The maximum absolute atomic E-state index is 12.3. The highest BCUT2D eigenvalue weighted by molar-refractivity contribution is 5.80. The molecule has 3 N–H and O–H groups in total. The SMILES string of the molecule is NC1COCC1C(=O)NC1CCCc2ccccc21. The summed E-state index contributed by atoms with van der Waals surface area (Å²) in [5.74, 6) is -0.166. The van der Waals surface area contributed by atoms with E-state index in [1.54, 1.807) is 0 Å². The van der Waals surface area contributed by atoms with Crippen molar-refractivity contribution in [2.75, 3.05) is 13.2 Å². The second-order valence-electron chi connectivity index (χ2n) is 5.46. The maximum Gasteiger partial charge on any atom is 0.227 e. The van der Waals surface area contributed by atoms with Crippen LogP contribution < -0.4 is 11.1 Å². The molecule has 2 aliphatic rings. The average Bonchev–Trinajstić information content (AvgIpc) is 2.85. The molecular weight excluding hydrogens is 240 g/mol. The number of benzene rings is 1. The first-order valence-electron chi connectivity index (χ1n) is 6.97. The molecule has 0 spiro atoms. The standard InChI is InChI=1S/C15H20N2O2/c16-13-9-19-8-12(13)15(18)17-14-7-3-5-10-4-1-2-6-11(10)14/h1-2,4,6,12-14H,3,5,7-9,16H2,(H,17,18). The van der Waals surface area contributed by atoms with Gasteiger partial charge in [-0.15, -0.1) is 0 Å². The van der Waals surface area contributed by atoms with Crippen molar-refractivity contribution < 1.29 is 9.53 Å². The molecule has 0 saturated carbocycles. The van der Waals surface area contributed by atoms with E-state index in [2.05, 4.69) is 23.5 Å². The fourth-order valence-corrected chi connectivity index (χ4v) is 3.02. The van der Waals surface area contributed by atoms with E-state index in [-0.39, 0.29) is 23.9 Å². The molecular formula is C15H20N2O2. The molecule has 0 bridgehead atoms. The fraction of sp³-hybridized carbons (Fsp3) is 0.533. The van der Waals surface area contributed by atoms with Crippen molar-refractivity contribution >= 4 is 5.91 Å². The van der Waals surface area contributed by atoms with E-state index < -0.39 is 0 Å². The summed E-state index contributed by atoms with van der Waals surface area (Å²) in [7, 11) is 0. The molecule has 0 aromatic heterocycles. The Bertz CT molecular complexity index is 475. The van der Waals surface area contributed by atoms with Crippen molar-refractivity contribution in [2.45, 2.75) is 31.3 Å². The van der Waals surface area contributed by atoms with E-state index in [0.29, 0.717) is 13.2 Å². The summed E-state index contributed by atoms with van der Waals surface area (Å²) in [6, 6.07) is 8.32. The van der Waals surface area contributed by atoms with E-state index in [1.165, 1.54) is 11.1 Å². The number of amides is 1. The second kappa shape index (κ2) is 5.31. The zero-order valence-electron chi connectivity index (χ0n) is 11.0. The third-order valence-corrected chi connectivity index (χ3v) is 4.15. The molecule has 4 nitrogen and oxygen atoms in total. The number of hydrogen-bond donors (Lipinski definition) is 2. The van der Waals surface area contributed by atoms with Gasteiger partial charge in [0.15, 0.2) is 0 Å². The van der Waals surface area contributed by atoms with Crippen LogP contribution in [0.25, 0.3) is 0 Å². The van der Waals surface area contributed by atoms with Gasteiger partial charge in [-0.2, -0.15) is 0 Å². The highest BCUT2D eigenvalue weighted by atomic mass is 16.5. The normalized spacial score (nSPS) is 29.8. The van der Waals surface area contributed by atoms with Gasteiger partial charge in [-0.3, -0.25) is 4.79 Å². The van der Waals surface area contributed by atoms with Crippen molar-refractivity contribution in [1.82, 2.24) is 5.32 Å². The number of fused-ring (bicyclic) bond motifs is 1. The van der Waals surface area contributed by atoms with E-state index in [4.69, 9.17) is 10.5 Å². The van der Waals surface area contributed by atoms with Crippen molar-refractivity contribution in [3.63, 3.8) is 0 Å². The monoisotopic (exact) mass is 260 g/mol. The Morgan fingerprint density at radius 3 is 2.95 bits per heavy atom. The minimum Gasteiger partial charge on any atom is -0.379 e. The number of hydrogen-bond acceptors (Lipinski definition) is 3. The topological polar surface area (TPSA) is 64.3 Å². The first-order valence-corrected chi connectivity index (χ1v) is 6.97. The molecule has 3 atom stereocenters. The molecule has 3 rings (SSSR count). The van der Waals surface area contributed by atoms with Crippen LogP contribution in [0, 0.1) is 5.92 Å². The highest BCUT2D eigenvalue weighted by Crippen LogP contribution is 2.29. The molecule has 1 aromatic rings. The Kier molecular flexibility index (Phi) is 3.53. The number of rotatable bonds is 2. The molecule has 1 aliphatic heterocycles. The smallest absolute Gasteiger partial charge is 0.227 e. The van der Waals surface area contributed by atoms with Gasteiger partial charge in [-0.25, -0.2) is 0 Å². The van der Waals surface area contributed by atoms with Gasteiger partial charge in [0.25, 0.3) is 0 Å². The molecule has 102 valence electrons. The lowest BCUT2D eigenvalue weighted by molar-refractivity contribution is -0.126. The van der Waals surface area contributed by atoms with E-state index >= 15 is 0 Å². The van der Waals surface area contributed by atoms with Crippen LogP contribution in [-0.4, -0.2) is 25.2 Å².